The first-order valence-electron chi connectivity index (χ1n) is 37.9. The molecule has 0 aromatic rings. The van der Waals surface area contributed by atoms with Crippen molar-refractivity contribution in [3.63, 3.8) is 0 Å². The topological polar surface area (TPSA) is 95.9 Å². The molecule has 0 aromatic heterocycles. The number of nitrogens with one attached hydrogen (secondary N) is 1. The van der Waals surface area contributed by atoms with E-state index in [-0.39, 0.29) is 18.5 Å². The van der Waals surface area contributed by atoms with Gasteiger partial charge in [-0.1, -0.05) is 386 Å². The molecule has 0 bridgehead atoms. The van der Waals surface area contributed by atoms with Crippen LogP contribution < -0.4 is 5.32 Å². The van der Waals surface area contributed by atoms with E-state index in [1.165, 1.54) is 366 Å². The van der Waals surface area contributed by atoms with Gasteiger partial charge in [0.1, 0.15) is 0 Å². The van der Waals surface area contributed by atoms with Crippen molar-refractivity contribution in [3.8, 4) is 0 Å². The molecule has 0 aliphatic carbocycles. The number of carbonyl (C=O) groups is 2. The lowest BCUT2D eigenvalue weighted by molar-refractivity contribution is -0.143. The number of amides is 1. The quantitative estimate of drug-likeness (QED) is 0.0320. The number of aliphatic hydroxyl groups excluding tert-OH is 2. The molecule has 0 aromatic carbocycles. The van der Waals surface area contributed by atoms with E-state index in [1.807, 2.05) is 0 Å². The molecule has 0 heterocycles. The second-order valence-corrected chi connectivity index (χ2v) is 26.3. The number of esters is 1. The van der Waals surface area contributed by atoms with Crippen LogP contribution in [0.25, 0.3) is 0 Å². The van der Waals surface area contributed by atoms with Crippen LogP contribution in [0.3, 0.4) is 0 Å². The van der Waals surface area contributed by atoms with E-state index in [2.05, 4.69) is 31.3 Å². The average molecular weight is 1160 g/mol. The van der Waals surface area contributed by atoms with E-state index in [0.717, 1.165) is 38.5 Å². The van der Waals surface area contributed by atoms with Crippen molar-refractivity contribution >= 4 is 11.9 Å². The van der Waals surface area contributed by atoms with Crippen molar-refractivity contribution in [3.05, 3.63) is 12.2 Å². The summed E-state index contributed by atoms with van der Waals surface area (Å²) < 4.78 is 5.49. The Hall–Kier alpha value is -1.40. The van der Waals surface area contributed by atoms with Crippen LogP contribution in [0.15, 0.2) is 12.2 Å². The maximum atomic E-state index is 12.5. The number of allylic oxidation sites excluding steroid dienone is 2. The fraction of sp³-hybridized carbons (Fsp3) is 0.947. The molecule has 0 aliphatic heterocycles. The first kappa shape index (κ1) is 80.6. The van der Waals surface area contributed by atoms with Crippen molar-refractivity contribution in [2.75, 3.05) is 13.2 Å². The van der Waals surface area contributed by atoms with E-state index >= 15 is 0 Å². The minimum absolute atomic E-state index is 0.0228. The minimum atomic E-state index is -0.661. The smallest absolute Gasteiger partial charge is 0.305 e. The number of rotatable bonds is 72. The number of aliphatic hydroxyl groups is 2. The van der Waals surface area contributed by atoms with Gasteiger partial charge < -0.3 is 20.3 Å². The highest BCUT2D eigenvalue weighted by Crippen LogP contribution is 2.20. The Kier molecular flexibility index (Phi) is 70.8. The Morgan fingerprint density at radius 3 is 0.866 bits per heavy atom. The van der Waals surface area contributed by atoms with Gasteiger partial charge >= 0.3 is 5.97 Å². The second-order valence-electron chi connectivity index (χ2n) is 26.3. The zero-order valence-corrected chi connectivity index (χ0v) is 56.0. The van der Waals surface area contributed by atoms with E-state index in [9.17, 15) is 19.8 Å². The Bertz CT molecular complexity index is 1240. The average Bonchev–Trinajstić information content (AvgIpc) is 3.48. The van der Waals surface area contributed by atoms with Gasteiger partial charge in [-0.2, -0.15) is 0 Å². The Labute approximate surface area is 514 Å². The largest absolute Gasteiger partial charge is 0.466 e. The Morgan fingerprint density at radius 2 is 0.573 bits per heavy atom. The fourth-order valence-electron chi connectivity index (χ4n) is 12.3. The van der Waals surface area contributed by atoms with Gasteiger partial charge in [0, 0.05) is 12.8 Å². The normalized spacial score (nSPS) is 12.5. The van der Waals surface area contributed by atoms with Crippen LogP contribution in [-0.2, 0) is 14.3 Å². The lowest BCUT2D eigenvalue weighted by Gasteiger charge is -2.22. The van der Waals surface area contributed by atoms with E-state index in [0.29, 0.717) is 25.9 Å². The van der Waals surface area contributed by atoms with Crippen molar-refractivity contribution in [1.29, 1.82) is 0 Å². The zero-order valence-electron chi connectivity index (χ0n) is 56.0. The van der Waals surface area contributed by atoms with Gasteiger partial charge in [0.15, 0.2) is 0 Å². The van der Waals surface area contributed by atoms with Gasteiger partial charge in [-0.25, -0.2) is 0 Å². The van der Waals surface area contributed by atoms with E-state index < -0.39 is 12.1 Å². The molecule has 2 atom stereocenters. The minimum Gasteiger partial charge on any atom is -0.466 e. The van der Waals surface area contributed by atoms with Crippen molar-refractivity contribution < 1.29 is 24.5 Å². The molecule has 0 aliphatic rings. The third-order valence-corrected chi connectivity index (χ3v) is 18.1. The monoisotopic (exact) mass is 1160 g/mol. The van der Waals surface area contributed by atoms with Crippen LogP contribution in [0.1, 0.15) is 438 Å². The highest BCUT2D eigenvalue weighted by molar-refractivity contribution is 5.76. The van der Waals surface area contributed by atoms with Crippen LogP contribution in [0.2, 0.25) is 0 Å². The number of ether oxygens (including phenoxy) is 1. The van der Waals surface area contributed by atoms with Gasteiger partial charge in [-0.05, 0) is 51.4 Å². The number of hydrogen-bond acceptors (Lipinski definition) is 5. The lowest BCUT2D eigenvalue weighted by Crippen LogP contribution is -2.45. The Balaban J connectivity index is 3.33. The molecule has 488 valence electrons. The fourth-order valence-corrected chi connectivity index (χ4v) is 12.3. The van der Waals surface area contributed by atoms with Crippen molar-refractivity contribution in [2.45, 2.75) is 450 Å². The first-order chi connectivity index (χ1) is 40.5. The summed E-state index contributed by atoms with van der Waals surface area (Å²) in [7, 11) is 0. The molecule has 0 spiro atoms. The molecule has 0 saturated heterocycles. The van der Waals surface area contributed by atoms with Gasteiger partial charge in [0.05, 0.1) is 25.4 Å². The van der Waals surface area contributed by atoms with Gasteiger partial charge in [-0.3, -0.25) is 9.59 Å². The van der Waals surface area contributed by atoms with Crippen molar-refractivity contribution in [1.82, 2.24) is 5.32 Å². The van der Waals surface area contributed by atoms with Crippen LogP contribution in [0, 0.1) is 0 Å². The summed E-state index contributed by atoms with van der Waals surface area (Å²) in [6.45, 7) is 5.00. The molecule has 0 saturated carbocycles. The van der Waals surface area contributed by atoms with Gasteiger partial charge in [-0.15, -0.1) is 0 Å². The van der Waals surface area contributed by atoms with Crippen LogP contribution in [-0.4, -0.2) is 47.4 Å². The van der Waals surface area contributed by atoms with Crippen LogP contribution in [0.4, 0.5) is 0 Å². The summed E-state index contributed by atoms with van der Waals surface area (Å²) >= 11 is 0. The molecule has 3 N–H and O–H groups in total. The second kappa shape index (κ2) is 72.1. The molecule has 1 amide bonds. The number of hydrogen-bond donors (Lipinski definition) is 3. The molecule has 6 heteroatoms. The van der Waals surface area contributed by atoms with Crippen LogP contribution >= 0.6 is 0 Å². The predicted molar refractivity (Wildman–Crippen MR) is 361 cm³/mol. The first-order valence-corrected chi connectivity index (χ1v) is 37.9. The van der Waals surface area contributed by atoms with Gasteiger partial charge in [0.25, 0.3) is 0 Å². The van der Waals surface area contributed by atoms with E-state index in [1.54, 1.807) is 0 Å². The molecular formula is C76H149NO5. The Morgan fingerprint density at radius 1 is 0.329 bits per heavy atom. The highest BCUT2D eigenvalue weighted by atomic mass is 16.5. The number of carbonyl (C=O) groups excluding carboxylic acids is 2. The summed E-state index contributed by atoms with van der Waals surface area (Å²) in [6, 6.07) is -0.538. The zero-order chi connectivity index (χ0) is 59.2. The third kappa shape index (κ3) is 67.7. The van der Waals surface area contributed by atoms with Crippen molar-refractivity contribution in [2.24, 2.45) is 0 Å². The SMILES string of the molecule is CCCCCCCCCCCCCCCCCCCC(O)C(CO)NC(=O)CCCCCCCCCCCCCCCCCCC/C=C\CCCCCCCCCCCCCCCCOC(=O)CCCCCCCCCCCCCCC. The van der Waals surface area contributed by atoms with Crippen LogP contribution in [0.5, 0.6) is 0 Å². The summed E-state index contributed by atoms with van der Waals surface area (Å²) in [4.78, 5) is 24.6. The third-order valence-electron chi connectivity index (χ3n) is 18.1. The lowest BCUT2D eigenvalue weighted by atomic mass is 10.0. The standard InChI is InChI=1S/C76H149NO5/c1-3-5-7-9-11-13-15-17-18-38-41-45-48-52-56-60-64-68-74(79)73(72-78)77-75(80)69-65-61-57-53-49-46-42-39-36-34-32-30-28-26-24-22-20-19-21-23-25-27-29-31-33-35-37-40-43-47-51-55-59-63-67-71-82-76(81)70-66-62-58-54-50-44-16-14-12-10-8-6-4-2/h21,23,73-74,78-79H,3-20,22,24-72H2,1-2H3,(H,77,80)/b23-21-. The number of unbranched alkanes of at least 4 members (excludes halogenated alkanes) is 59. The molecule has 6 nitrogen and oxygen atoms in total. The summed E-state index contributed by atoms with van der Waals surface area (Å²) in [5, 5.41) is 23.4. The summed E-state index contributed by atoms with van der Waals surface area (Å²) in [5.41, 5.74) is 0. The maximum Gasteiger partial charge on any atom is 0.305 e. The molecule has 0 fully saturated rings. The molecule has 0 rings (SSSR count). The molecular weight excluding hydrogens is 1010 g/mol. The summed E-state index contributed by atoms with van der Waals surface area (Å²) in [5.74, 6) is -0.00421. The van der Waals surface area contributed by atoms with Gasteiger partial charge in [0.2, 0.25) is 5.91 Å². The molecule has 82 heavy (non-hydrogen) atoms. The summed E-state index contributed by atoms with van der Waals surface area (Å²) in [6.07, 6.45) is 90.1. The van der Waals surface area contributed by atoms with E-state index in [4.69, 9.17) is 4.74 Å². The highest BCUT2D eigenvalue weighted by Gasteiger charge is 2.20. The molecule has 2 unspecified atom stereocenters. The predicted octanol–water partition coefficient (Wildman–Crippen LogP) is 24.7. The maximum absolute atomic E-state index is 12.5. The molecule has 0 radical (unpaired) electrons.